The monoisotopic (exact) mass is 376 g/mol. The number of ether oxygens (including phenoxy) is 1. The lowest BCUT2D eigenvalue weighted by Crippen LogP contribution is -2.26. The van der Waals surface area contributed by atoms with E-state index in [0.717, 1.165) is 40.3 Å². The molecule has 1 atom stereocenters. The van der Waals surface area contributed by atoms with E-state index in [-0.39, 0.29) is 6.04 Å². The quantitative estimate of drug-likeness (QED) is 0.415. The fourth-order valence-corrected chi connectivity index (χ4v) is 3.36. The zero-order valence-electron chi connectivity index (χ0n) is 16.4. The van der Waals surface area contributed by atoms with E-state index in [2.05, 4.69) is 35.9 Å². The van der Waals surface area contributed by atoms with E-state index in [0.29, 0.717) is 12.4 Å². The second-order valence-corrected chi connectivity index (χ2v) is 6.80. The number of furan rings is 1. The van der Waals surface area contributed by atoms with Crippen LogP contribution in [0, 0.1) is 0 Å². The SMILES string of the molecule is CCN(Cc1coc(-c2ccc(OC)cc2)n1)C(C)c1cc2ccccc2o1. The van der Waals surface area contributed by atoms with Gasteiger partial charge in [0.2, 0.25) is 5.89 Å². The Hall–Kier alpha value is -3.05. The lowest BCUT2D eigenvalue weighted by Gasteiger charge is -2.25. The largest absolute Gasteiger partial charge is 0.497 e. The maximum absolute atomic E-state index is 6.05. The molecule has 1 unspecified atom stereocenters. The number of oxazole rings is 1. The number of nitrogens with zero attached hydrogens (tertiary/aromatic N) is 2. The van der Waals surface area contributed by atoms with Crippen LogP contribution in [-0.4, -0.2) is 23.5 Å². The highest BCUT2D eigenvalue weighted by Gasteiger charge is 2.20. The van der Waals surface area contributed by atoms with Crippen LogP contribution in [-0.2, 0) is 6.54 Å². The molecule has 4 rings (SSSR count). The highest BCUT2D eigenvalue weighted by Crippen LogP contribution is 2.29. The summed E-state index contributed by atoms with van der Waals surface area (Å²) in [4.78, 5) is 6.98. The Balaban J connectivity index is 1.50. The van der Waals surface area contributed by atoms with Gasteiger partial charge >= 0.3 is 0 Å². The lowest BCUT2D eigenvalue weighted by atomic mass is 10.2. The Morgan fingerprint density at radius 2 is 1.89 bits per heavy atom. The molecule has 144 valence electrons. The van der Waals surface area contributed by atoms with Crippen molar-refractivity contribution in [1.29, 1.82) is 0 Å². The minimum atomic E-state index is 0.138. The van der Waals surface area contributed by atoms with Crippen LogP contribution in [0.2, 0.25) is 0 Å². The molecule has 0 aliphatic carbocycles. The first-order chi connectivity index (χ1) is 13.7. The third kappa shape index (κ3) is 3.66. The molecule has 0 spiro atoms. The van der Waals surface area contributed by atoms with Crippen LogP contribution in [0.3, 0.4) is 0 Å². The average molecular weight is 376 g/mol. The Labute approximate surface area is 164 Å². The fourth-order valence-electron chi connectivity index (χ4n) is 3.36. The van der Waals surface area contributed by atoms with Gasteiger partial charge in [-0.05, 0) is 49.9 Å². The van der Waals surface area contributed by atoms with Crippen molar-refractivity contribution in [3.8, 4) is 17.2 Å². The third-order valence-electron chi connectivity index (χ3n) is 5.06. The second-order valence-electron chi connectivity index (χ2n) is 6.80. The number of para-hydroxylation sites is 1. The molecular weight excluding hydrogens is 352 g/mol. The summed E-state index contributed by atoms with van der Waals surface area (Å²) in [5.41, 5.74) is 2.75. The minimum Gasteiger partial charge on any atom is -0.497 e. The van der Waals surface area contributed by atoms with Gasteiger partial charge in [-0.15, -0.1) is 0 Å². The van der Waals surface area contributed by atoms with Crippen LogP contribution in [0.4, 0.5) is 0 Å². The van der Waals surface area contributed by atoms with Crippen molar-refractivity contribution in [2.24, 2.45) is 0 Å². The van der Waals surface area contributed by atoms with Crippen LogP contribution in [0.1, 0.15) is 31.3 Å². The summed E-state index contributed by atoms with van der Waals surface area (Å²) in [5.74, 6) is 2.39. The van der Waals surface area contributed by atoms with Crippen molar-refractivity contribution in [2.45, 2.75) is 26.4 Å². The number of methoxy groups -OCH3 is 1. The molecule has 0 saturated carbocycles. The van der Waals surface area contributed by atoms with Gasteiger partial charge in [0.25, 0.3) is 0 Å². The number of hydrogen-bond donors (Lipinski definition) is 0. The minimum absolute atomic E-state index is 0.138. The summed E-state index contributed by atoms with van der Waals surface area (Å²) in [7, 11) is 1.65. The van der Waals surface area contributed by atoms with Crippen LogP contribution >= 0.6 is 0 Å². The van der Waals surface area contributed by atoms with Gasteiger partial charge < -0.3 is 13.6 Å². The topological polar surface area (TPSA) is 51.6 Å². The molecule has 0 bridgehead atoms. The van der Waals surface area contributed by atoms with E-state index in [1.165, 1.54) is 0 Å². The van der Waals surface area contributed by atoms with Gasteiger partial charge in [-0.2, -0.15) is 0 Å². The average Bonchev–Trinajstić information content (AvgIpc) is 3.38. The van der Waals surface area contributed by atoms with E-state index >= 15 is 0 Å². The van der Waals surface area contributed by atoms with Crippen molar-refractivity contribution in [1.82, 2.24) is 9.88 Å². The van der Waals surface area contributed by atoms with Gasteiger partial charge in [-0.25, -0.2) is 4.98 Å². The van der Waals surface area contributed by atoms with Crippen molar-refractivity contribution < 1.29 is 13.6 Å². The van der Waals surface area contributed by atoms with Crippen LogP contribution in [0.5, 0.6) is 5.75 Å². The molecule has 0 fully saturated rings. The number of fused-ring (bicyclic) bond motifs is 1. The molecule has 4 aromatic rings. The Kier molecular flexibility index (Phi) is 5.17. The predicted octanol–water partition coefficient (Wildman–Crippen LogP) is 5.68. The molecule has 0 aliphatic heterocycles. The standard InChI is InChI=1S/C23H24N2O3/c1-4-25(16(2)22-13-18-7-5-6-8-21(18)28-22)14-19-15-27-23(24-19)17-9-11-20(26-3)12-10-17/h5-13,15-16H,4,14H2,1-3H3. The summed E-state index contributed by atoms with van der Waals surface area (Å²) in [6.45, 7) is 5.87. The van der Waals surface area contributed by atoms with Crippen molar-refractivity contribution in [3.63, 3.8) is 0 Å². The van der Waals surface area contributed by atoms with Crippen LogP contribution in [0.15, 0.2) is 69.7 Å². The summed E-state index contributed by atoms with van der Waals surface area (Å²) in [6.07, 6.45) is 1.73. The maximum Gasteiger partial charge on any atom is 0.226 e. The molecule has 0 N–H and O–H groups in total. The normalized spacial score (nSPS) is 12.6. The van der Waals surface area contributed by atoms with E-state index in [1.54, 1.807) is 13.4 Å². The molecule has 2 heterocycles. The summed E-state index contributed by atoms with van der Waals surface area (Å²) < 4.78 is 17.0. The predicted molar refractivity (Wildman–Crippen MR) is 109 cm³/mol. The first kappa shape index (κ1) is 18.3. The summed E-state index contributed by atoms with van der Waals surface area (Å²) >= 11 is 0. The molecule has 28 heavy (non-hydrogen) atoms. The fraction of sp³-hybridized carbons (Fsp3) is 0.261. The Morgan fingerprint density at radius 1 is 1.11 bits per heavy atom. The summed E-state index contributed by atoms with van der Waals surface area (Å²) in [5, 5.41) is 1.13. The zero-order chi connectivity index (χ0) is 19.5. The lowest BCUT2D eigenvalue weighted by molar-refractivity contribution is 0.189. The van der Waals surface area contributed by atoms with Crippen LogP contribution < -0.4 is 4.74 Å². The van der Waals surface area contributed by atoms with Gasteiger partial charge in [0.1, 0.15) is 23.4 Å². The molecule has 0 saturated heterocycles. The highest BCUT2D eigenvalue weighted by molar-refractivity contribution is 5.77. The molecule has 0 aliphatic rings. The molecule has 0 radical (unpaired) electrons. The first-order valence-electron chi connectivity index (χ1n) is 9.49. The van der Waals surface area contributed by atoms with E-state index < -0.39 is 0 Å². The molecule has 5 nitrogen and oxygen atoms in total. The number of benzene rings is 2. The van der Waals surface area contributed by atoms with Crippen molar-refractivity contribution in [3.05, 3.63) is 72.3 Å². The van der Waals surface area contributed by atoms with E-state index in [9.17, 15) is 0 Å². The van der Waals surface area contributed by atoms with Gasteiger partial charge in [-0.3, -0.25) is 4.90 Å². The zero-order valence-corrected chi connectivity index (χ0v) is 16.4. The molecule has 2 aromatic heterocycles. The molecule has 0 amide bonds. The van der Waals surface area contributed by atoms with Gasteiger partial charge in [-0.1, -0.05) is 25.1 Å². The first-order valence-corrected chi connectivity index (χ1v) is 9.49. The molecule has 2 aromatic carbocycles. The summed E-state index contributed by atoms with van der Waals surface area (Å²) in [6, 6.07) is 18.1. The number of rotatable bonds is 7. The van der Waals surface area contributed by atoms with E-state index in [4.69, 9.17) is 13.6 Å². The van der Waals surface area contributed by atoms with Crippen LogP contribution in [0.25, 0.3) is 22.4 Å². The highest BCUT2D eigenvalue weighted by atomic mass is 16.5. The van der Waals surface area contributed by atoms with Crippen molar-refractivity contribution >= 4 is 11.0 Å². The Bertz CT molecular complexity index is 1020. The molecule has 5 heteroatoms. The molecular formula is C23H24N2O3. The van der Waals surface area contributed by atoms with Gasteiger partial charge in [0.15, 0.2) is 0 Å². The van der Waals surface area contributed by atoms with E-state index in [1.807, 2.05) is 42.5 Å². The number of hydrogen-bond acceptors (Lipinski definition) is 5. The number of aromatic nitrogens is 1. The van der Waals surface area contributed by atoms with Gasteiger partial charge in [0, 0.05) is 17.5 Å². The third-order valence-corrected chi connectivity index (χ3v) is 5.06. The smallest absolute Gasteiger partial charge is 0.226 e. The Morgan fingerprint density at radius 3 is 2.61 bits per heavy atom. The second kappa shape index (κ2) is 7.90. The van der Waals surface area contributed by atoms with Crippen molar-refractivity contribution in [2.75, 3.05) is 13.7 Å². The van der Waals surface area contributed by atoms with Gasteiger partial charge in [0.05, 0.1) is 18.8 Å². The maximum atomic E-state index is 6.05.